The molecular formula is C19H26N2O4S. The standard InChI is InChI=1S/C19H26N2O4S/c1-14-4-7-19(15(2)12-14)26(22,23)20-13-17(18-6-5-16(3)25-18)21-8-10-24-11-9-21/h4-7,12,17,20H,8-11,13H2,1-3H3. The predicted octanol–water partition coefficient (Wildman–Crippen LogP) is 2.56. The molecular weight excluding hydrogens is 352 g/mol. The van der Waals surface area contributed by atoms with E-state index in [1.165, 1.54) is 0 Å². The number of nitrogens with one attached hydrogen (secondary N) is 1. The van der Waals surface area contributed by atoms with Gasteiger partial charge in [-0.25, -0.2) is 13.1 Å². The monoisotopic (exact) mass is 378 g/mol. The van der Waals surface area contributed by atoms with E-state index in [1.54, 1.807) is 6.07 Å². The third-order valence-electron chi connectivity index (χ3n) is 4.66. The third-order valence-corrected chi connectivity index (χ3v) is 6.25. The van der Waals surface area contributed by atoms with Crippen LogP contribution in [0.25, 0.3) is 0 Å². The first-order valence-electron chi connectivity index (χ1n) is 8.82. The lowest BCUT2D eigenvalue weighted by Gasteiger charge is -2.33. The Morgan fingerprint density at radius 1 is 1.12 bits per heavy atom. The zero-order valence-electron chi connectivity index (χ0n) is 15.5. The van der Waals surface area contributed by atoms with Crippen molar-refractivity contribution in [2.24, 2.45) is 0 Å². The summed E-state index contributed by atoms with van der Waals surface area (Å²) in [5, 5.41) is 0. The molecule has 0 aliphatic carbocycles. The average molecular weight is 378 g/mol. The molecule has 7 heteroatoms. The molecule has 1 fully saturated rings. The van der Waals surface area contributed by atoms with Gasteiger partial charge in [0.05, 0.1) is 24.2 Å². The van der Waals surface area contributed by atoms with Crippen molar-refractivity contribution in [3.63, 3.8) is 0 Å². The Morgan fingerprint density at radius 2 is 1.85 bits per heavy atom. The Hall–Kier alpha value is -1.67. The number of nitrogens with zero attached hydrogens (tertiary/aromatic N) is 1. The molecule has 1 aliphatic heterocycles. The van der Waals surface area contributed by atoms with Crippen molar-refractivity contribution >= 4 is 10.0 Å². The van der Waals surface area contributed by atoms with Gasteiger partial charge in [-0.3, -0.25) is 4.90 Å². The van der Waals surface area contributed by atoms with Crippen molar-refractivity contribution in [3.05, 3.63) is 53.0 Å². The summed E-state index contributed by atoms with van der Waals surface area (Å²) in [6.07, 6.45) is 0. The van der Waals surface area contributed by atoms with Crippen LogP contribution in [0.1, 0.15) is 28.7 Å². The molecule has 2 aromatic rings. The molecule has 0 saturated carbocycles. The fraction of sp³-hybridized carbons (Fsp3) is 0.474. The SMILES string of the molecule is Cc1ccc(S(=O)(=O)NCC(c2ccc(C)o2)N2CCOCC2)c(C)c1. The van der Waals surface area contributed by atoms with E-state index >= 15 is 0 Å². The highest BCUT2D eigenvalue weighted by molar-refractivity contribution is 7.89. The van der Waals surface area contributed by atoms with Gasteiger partial charge in [0.1, 0.15) is 11.5 Å². The van der Waals surface area contributed by atoms with Crippen LogP contribution in [0.5, 0.6) is 0 Å². The van der Waals surface area contributed by atoms with E-state index < -0.39 is 10.0 Å². The summed E-state index contributed by atoms with van der Waals surface area (Å²) in [4.78, 5) is 2.52. The lowest BCUT2D eigenvalue weighted by molar-refractivity contribution is 0.0127. The largest absolute Gasteiger partial charge is 0.465 e. The maximum atomic E-state index is 12.8. The van der Waals surface area contributed by atoms with E-state index in [0.717, 1.165) is 35.7 Å². The lowest BCUT2D eigenvalue weighted by Crippen LogP contribution is -2.43. The minimum absolute atomic E-state index is 0.159. The quantitative estimate of drug-likeness (QED) is 0.836. The van der Waals surface area contributed by atoms with E-state index in [4.69, 9.17) is 9.15 Å². The van der Waals surface area contributed by atoms with Gasteiger partial charge in [-0.05, 0) is 44.5 Å². The van der Waals surface area contributed by atoms with Crippen molar-refractivity contribution in [1.29, 1.82) is 0 Å². The van der Waals surface area contributed by atoms with Crippen molar-refractivity contribution in [2.75, 3.05) is 32.8 Å². The summed E-state index contributed by atoms with van der Waals surface area (Å²) >= 11 is 0. The van der Waals surface area contributed by atoms with Gasteiger partial charge in [0.25, 0.3) is 0 Å². The Balaban J connectivity index is 1.80. The number of sulfonamides is 1. The molecule has 3 rings (SSSR count). The second kappa shape index (κ2) is 7.92. The minimum atomic E-state index is -3.59. The molecule has 1 unspecified atom stereocenters. The zero-order valence-corrected chi connectivity index (χ0v) is 16.3. The summed E-state index contributed by atoms with van der Waals surface area (Å²) in [6.45, 7) is 8.68. The number of benzene rings is 1. The van der Waals surface area contributed by atoms with E-state index in [1.807, 2.05) is 45.0 Å². The summed E-state index contributed by atoms with van der Waals surface area (Å²) in [7, 11) is -3.59. The Kier molecular flexibility index (Phi) is 5.82. The molecule has 1 saturated heterocycles. The van der Waals surface area contributed by atoms with Crippen LogP contribution >= 0.6 is 0 Å². The highest BCUT2D eigenvalue weighted by Crippen LogP contribution is 2.24. The molecule has 1 aliphatic rings. The summed E-state index contributed by atoms with van der Waals surface area (Å²) in [6, 6.07) is 9.02. The van der Waals surface area contributed by atoms with E-state index in [-0.39, 0.29) is 12.6 Å². The van der Waals surface area contributed by atoms with Gasteiger partial charge in [-0.2, -0.15) is 0 Å². The van der Waals surface area contributed by atoms with Crippen LogP contribution in [0.2, 0.25) is 0 Å². The van der Waals surface area contributed by atoms with Gasteiger partial charge in [-0.1, -0.05) is 17.7 Å². The first-order chi connectivity index (χ1) is 12.4. The van der Waals surface area contributed by atoms with Crippen molar-refractivity contribution in [2.45, 2.75) is 31.7 Å². The Labute approximate surface area is 155 Å². The summed E-state index contributed by atoms with van der Waals surface area (Å²) in [5.41, 5.74) is 1.79. The fourth-order valence-electron chi connectivity index (χ4n) is 3.30. The average Bonchev–Trinajstić information content (AvgIpc) is 3.02. The van der Waals surface area contributed by atoms with Gasteiger partial charge >= 0.3 is 0 Å². The highest BCUT2D eigenvalue weighted by atomic mass is 32.2. The molecule has 0 radical (unpaired) electrons. The van der Waals surface area contributed by atoms with Gasteiger partial charge < -0.3 is 9.15 Å². The number of hydrogen-bond donors (Lipinski definition) is 1. The second-order valence-electron chi connectivity index (χ2n) is 6.73. The van der Waals surface area contributed by atoms with Crippen LogP contribution in [-0.4, -0.2) is 46.2 Å². The lowest BCUT2D eigenvalue weighted by atomic mass is 10.2. The van der Waals surface area contributed by atoms with Crippen molar-refractivity contribution in [3.8, 4) is 0 Å². The topological polar surface area (TPSA) is 71.8 Å². The van der Waals surface area contributed by atoms with Crippen LogP contribution < -0.4 is 4.72 Å². The number of rotatable bonds is 6. The molecule has 2 heterocycles. The van der Waals surface area contributed by atoms with Crippen LogP contribution in [0.3, 0.4) is 0 Å². The first kappa shape index (κ1) is 19.1. The second-order valence-corrected chi connectivity index (χ2v) is 8.47. The Morgan fingerprint density at radius 3 is 2.46 bits per heavy atom. The normalized spacial score (nSPS) is 17.3. The predicted molar refractivity (Wildman–Crippen MR) is 99.7 cm³/mol. The number of ether oxygens (including phenoxy) is 1. The zero-order chi connectivity index (χ0) is 18.7. The maximum absolute atomic E-state index is 12.8. The minimum Gasteiger partial charge on any atom is -0.465 e. The molecule has 6 nitrogen and oxygen atoms in total. The Bertz CT molecular complexity index is 854. The molecule has 142 valence electrons. The molecule has 1 atom stereocenters. The molecule has 1 N–H and O–H groups in total. The number of morpholine rings is 1. The summed E-state index contributed by atoms with van der Waals surface area (Å²) in [5.74, 6) is 1.59. The molecule has 0 amide bonds. The third kappa shape index (κ3) is 4.35. The van der Waals surface area contributed by atoms with Crippen molar-refractivity contribution < 1.29 is 17.6 Å². The molecule has 0 spiro atoms. The number of furan rings is 1. The molecule has 0 bridgehead atoms. The van der Waals surface area contributed by atoms with Gasteiger partial charge in [0.2, 0.25) is 10.0 Å². The highest BCUT2D eigenvalue weighted by Gasteiger charge is 2.27. The first-order valence-corrected chi connectivity index (χ1v) is 10.3. The molecule has 1 aromatic carbocycles. The molecule has 26 heavy (non-hydrogen) atoms. The van der Waals surface area contributed by atoms with E-state index in [0.29, 0.717) is 18.1 Å². The van der Waals surface area contributed by atoms with E-state index in [2.05, 4.69) is 9.62 Å². The van der Waals surface area contributed by atoms with Gasteiger partial charge in [0.15, 0.2) is 0 Å². The van der Waals surface area contributed by atoms with E-state index in [9.17, 15) is 8.42 Å². The maximum Gasteiger partial charge on any atom is 0.240 e. The summed E-state index contributed by atoms with van der Waals surface area (Å²) < 4.78 is 39.6. The van der Waals surface area contributed by atoms with Crippen LogP contribution in [0.15, 0.2) is 39.6 Å². The smallest absolute Gasteiger partial charge is 0.240 e. The van der Waals surface area contributed by atoms with Crippen molar-refractivity contribution in [1.82, 2.24) is 9.62 Å². The number of aryl methyl sites for hydroxylation is 3. The van der Waals surface area contributed by atoms with Gasteiger partial charge in [0, 0.05) is 19.6 Å². The van der Waals surface area contributed by atoms with Crippen LogP contribution in [0, 0.1) is 20.8 Å². The number of hydrogen-bond acceptors (Lipinski definition) is 5. The van der Waals surface area contributed by atoms with Crippen LogP contribution in [0.4, 0.5) is 0 Å². The van der Waals surface area contributed by atoms with Crippen LogP contribution in [-0.2, 0) is 14.8 Å². The fourth-order valence-corrected chi connectivity index (χ4v) is 4.56. The van der Waals surface area contributed by atoms with Gasteiger partial charge in [-0.15, -0.1) is 0 Å². The molecule has 1 aromatic heterocycles.